The maximum Gasteiger partial charge on any atom is 0.416 e. The number of rotatable bonds is 7. The molecule has 2 rings (SSSR count). The van der Waals surface area contributed by atoms with Gasteiger partial charge < -0.3 is 10.1 Å². The van der Waals surface area contributed by atoms with Crippen LogP contribution in [0.15, 0.2) is 53.4 Å². The summed E-state index contributed by atoms with van der Waals surface area (Å²) in [6.07, 6.45) is -4.48. The van der Waals surface area contributed by atoms with Gasteiger partial charge >= 0.3 is 6.18 Å². The second kappa shape index (κ2) is 8.72. The molecule has 2 aromatic rings. The van der Waals surface area contributed by atoms with E-state index in [0.717, 1.165) is 24.3 Å². The van der Waals surface area contributed by atoms with E-state index in [1.54, 1.807) is 6.92 Å². The predicted molar refractivity (Wildman–Crippen MR) is 97.5 cm³/mol. The van der Waals surface area contributed by atoms with Crippen molar-refractivity contribution in [2.45, 2.75) is 24.0 Å². The highest BCUT2D eigenvalue weighted by Crippen LogP contribution is 2.29. The summed E-state index contributed by atoms with van der Waals surface area (Å²) >= 11 is 0. The number of benzene rings is 2. The van der Waals surface area contributed by atoms with E-state index in [2.05, 4.69) is 10.0 Å². The molecule has 1 amide bonds. The van der Waals surface area contributed by atoms with Gasteiger partial charge in [0.25, 0.3) is 5.91 Å². The van der Waals surface area contributed by atoms with Gasteiger partial charge in [-0.25, -0.2) is 13.1 Å². The number of alkyl halides is 3. The average Bonchev–Trinajstić information content (AvgIpc) is 2.61. The third-order valence-electron chi connectivity index (χ3n) is 3.67. The molecule has 10 heteroatoms. The van der Waals surface area contributed by atoms with E-state index >= 15 is 0 Å². The van der Waals surface area contributed by atoms with Crippen molar-refractivity contribution in [3.63, 3.8) is 0 Å². The Bertz CT molecular complexity index is 911. The predicted octanol–water partition coefficient (Wildman–Crippen LogP) is 3.27. The van der Waals surface area contributed by atoms with E-state index in [-0.39, 0.29) is 17.1 Å². The third kappa shape index (κ3) is 5.78. The molecule has 0 aliphatic rings. The van der Waals surface area contributed by atoms with Crippen LogP contribution in [-0.2, 0) is 20.9 Å². The molecule has 2 N–H and O–H groups in total. The smallest absolute Gasteiger partial charge is 0.383 e. The highest BCUT2D eigenvalue weighted by atomic mass is 32.2. The number of amides is 1. The highest BCUT2D eigenvalue weighted by molar-refractivity contribution is 7.89. The van der Waals surface area contributed by atoms with Gasteiger partial charge in [-0.1, -0.05) is 0 Å². The SMILES string of the molecule is COCC(C)NS(=O)(=O)c1ccc(NC(=O)c2ccc(C(F)(F)F)cc2)cc1. The Balaban J connectivity index is 2.06. The van der Waals surface area contributed by atoms with Crippen molar-refractivity contribution in [1.82, 2.24) is 4.72 Å². The number of halogens is 3. The van der Waals surface area contributed by atoms with E-state index in [1.807, 2.05) is 0 Å². The molecule has 0 saturated carbocycles. The minimum absolute atomic E-state index is 0.00276. The van der Waals surface area contributed by atoms with Crippen LogP contribution in [0.2, 0.25) is 0 Å². The monoisotopic (exact) mass is 416 g/mol. The van der Waals surface area contributed by atoms with Crippen LogP contribution in [0, 0.1) is 0 Å². The van der Waals surface area contributed by atoms with Gasteiger partial charge in [0.2, 0.25) is 10.0 Å². The lowest BCUT2D eigenvalue weighted by Gasteiger charge is -2.13. The molecular formula is C18H19F3N2O4S. The first-order valence-electron chi connectivity index (χ1n) is 8.13. The first kappa shape index (κ1) is 21.9. The summed E-state index contributed by atoms with van der Waals surface area (Å²) in [6.45, 7) is 1.86. The Hall–Kier alpha value is -2.43. The summed E-state index contributed by atoms with van der Waals surface area (Å²) in [7, 11) is -2.29. The fourth-order valence-corrected chi connectivity index (χ4v) is 3.58. The van der Waals surface area contributed by atoms with Crippen LogP contribution in [0.4, 0.5) is 18.9 Å². The minimum Gasteiger partial charge on any atom is -0.383 e. The number of nitrogens with one attached hydrogen (secondary N) is 2. The molecule has 0 aromatic heterocycles. The molecule has 0 aliphatic heterocycles. The van der Waals surface area contributed by atoms with Crippen molar-refractivity contribution in [2.24, 2.45) is 0 Å². The molecule has 0 bridgehead atoms. The molecule has 6 nitrogen and oxygen atoms in total. The van der Waals surface area contributed by atoms with Gasteiger partial charge in [0.1, 0.15) is 0 Å². The van der Waals surface area contributed by atoms with Crippen LogP contribution >= 0.6 is 0 Å². The van der Waals surface area contributed by atoms with Crippen LogP contribution in [0.3, 0.4) is 0 Å². The lowest BCUT2D eigenvalue weighted by Crippen LogP contribution is -2.35. The molecule has 0 fully saturated rings. The molecule has 0 saturated heterocycles. The Morgan fingerprint density at radius 2 is 1.64 bits per heavy atom. The number of hydrogen-bond donors (Lipinski definition) is 2. The number of ether oxygens (including phenoxy) is 1. The van der Waals surface area contributed by atoms with Crippen molar-refractivity contribution < 1.29 is 31.1 Å². The second-order valence-corrected chi connectivity index (χ2v) is 7.75. The lowest BCUT2D eigenvalue weighted by atomic mass is 10.1. The van der Waals surface area contributed by atoms with E-state index < -0.39 is 33.7 Å². The first-order chi connectivity index (χ1) is 13.0. The fraction of sp³-hybridized carbons (Fsp3) is 0.278. The summed E-state index contributed by atoms with van der Waals surface area (Å²) in [5, 5.41) is 2.50. The molecule has 0 spiro atoms. The van der Waals surface area contributed by atoms with E-state index in [9.17, 15) is 26.4 Å². The minimum atomic E-state index is -4.48. The Kier molecular flexibility index (Phi) is 6.81. The standard InChI is InChI=1S/C18H19F3N2O4S/c1-12(11-27-2)23-28(25,26)16-9-7-15(8-10-16)22-17(24)13-3-5-14(6-4-13)18(19,20)21/h3-10,12,23H,11H2,1-2H3,(H,22,24). The molecule has 2 aromatic carbocycles. The summed E-state index contributed by atoms with van der Waals surface area (Å²) in [5.74, 6) is -0.615. The van der Waals surface area contributed by atoms with E-state index in [4.69, 9.17) is 4.74 Å². The zero-order valence-corrected chi connectivity index (χ0v) is 15.9. The number of anilines is 1. The fourth-order valence-electron chi connectivity index (χ4n) is 2.35. The van der Waals surface area contributed by atoms with Crippen molar-refractivity contribution in [3.8, 4) is 0 Å². The molecule has 1 unspecified atom stereocenters. The van der Waals surface area contributed by atoms with Gasteiger partial charge in [0.15, 0.2) is 0 Å². The number of hydrogen-bond acceptors (Lipinski definition) is 4. The van der Waals surface area contributed by atoms with Crippen molar-refractivity contribution in [3.05, 3.63) is 59.7 Å². The van der Waals surface area contributed by atoms with Gasteiger partial charge in [-0.2, -0.15) is 13.2 Å². The van der Waals surface area contributed by atoms with Crippen LogP contribution < -0.4 is 10.0 Å². The van der Waals surface area contributed by atoms with Crippen LogP contribution in [-0.4, -0.2) is 34.1 Å². The summed E-state index contributed by atoms with van der Waals surface area (Å²) in [5.41, 5.74) is -0.512. The molecule has 0 aliphatic carbocycles. The quantitative estimate of drug-likeness (QED) is 0.726. The second-order valence-electron chi connectivity index (χ2n) is 6.03. The zero-order valence-electron chi connectivity index (χ0n) is 15.1. The van der Waals surface area contributed by atoms with E-state index in [0.29, 0.717) is 5.69 Å². The molecule has 28 heavy (non-hydrogen) atoms. The molecular weight excluding hydrogens is 397 g/mol. The van der Waals surface area contributed by atoms with Gasteiger partial charge in [-0.3, -0.25) is 4.79 Å². The Labute approximate surface area is 160 Å². The maximum absolute atomic E-state index is 12.6. The van der Waals surface area contributed by atoms with Crippen LogP contribution in [0.25, 0.3) is 0 Å². The maximum atomic E-state index is 12.6. The molecule has 0 radical (unpaired) electrons. The number of sulfonamides is 1. The van der Waals surface area contributed by atoms with Crippen molar-refractivity contribution >= 4 is 21.6 Å². The number of carbonyl (C=O) groups is 1. The normalized spacial score (nSPS) is 13.2. The number of methoxy groups -OCH3 is 1. The van der Waals surface area contributed by atoms with Gasteiger partial charge in [-0.05, 0) is 55.5 Å². The number of carbonyl (C=O) groups excluding carboxylic acids is 1. The van der Waals surface area contributed by atoms with Crippen molar-refractivity contribution in [2.75, 3.05) is 19.0 Å². The molecule has 152 valence electrons. The lowest BCUT2D eigenvalue weighted by molar-refractivity contribution is -0.137. The van der Waals surface area contributed by atoms with Gasteiger partial charge in [0, 0.05) is 24.4 Å². The van der Waals surface area contributed by atoms with Crippen molar-refractivity contribution in [1.29, 1.82) is 0 Å². The topological polar surface area (TPSA) is 84.5 Å². The van der Waals surface area contributed by atoms with Gasteiger partial charge in [-0.15, -0.1) is 0 Å². The van der Waals surface area contributed by atoms with Gasteiger partial charge in [0.05, 0.1) is 17.1 Å². The molecule has 1 atom stereocenters. The summed E-state index contributed by atoms with van der Waals surface area (Å²) < 4.78 is 69.5. The molecule has 0 heterocycles. The first-order valence-corrected chi connectivity index (χ1v) is 9.61. The third-order valence-corrected chi connectivity index (χ3v) is 5.28. The zero-order chi connectivity index (χ0) is 20.9. The van der Waals surface area contributed by atoms with Crippen LogP contribution in [0.1, 0.15) is 22.8 Å². The summed E-state index contributed by atoms with van der Waals surface area (Å²) in [4.78, 5) is 12.1. The summed E-state index contributed by atoms with van der Waals surface area (Å²) in [6, 6.07) is 8.74. The van der Waals surface area contributed by atoms with Crippen LogP contribution in [0.5, 0.6) is 0 Å². The average molecular weight is 416 g/mol. The highest BCUT2D eigenvalue weighted by Gasteiger charge is 2.30. The Morgan fingerprint density at radius 1 is 1.07 bits per heavy atom. The Morgan fingerprint density at radius 3 is 2.14 bits per heavy atom. The van der Waals surface area contributed by atoms with E-state index in [1.165, 1.54) is 31.4 Å². The largest absolute Gasteiger partial charge is 0.416 e.